The van der Waals surface area contributed by atoms with Crippen molar-refractivity contribution < 1.29 is 18.8 Å². The van der Waals surface area contributed by atoms with Crippen molar-refractivity contribution in [3.8, 4) is 11.6 Å². The summed E-state index contributed by atoms with van der Waals surface area (Å²) < 4.78 is 23.8. The van der Waals surface area contributed by atoms with Crippen LogP contribution in [0.5, 0.6) is 11.6 Å². The van der Waals surface area contributed by atoms with Crippen molar-refractivity contribution in [3.63, 3.8) is 0 Å². The van der Waals surface area contributed by atoms with Crippen molar-refractivity contribution in [3.05, 3.63) is 51.2 Å². The summed E-state index contributed by atoms with van der Waals surface area (Å²) in [7, 11) is 1.46. The first-order chi connectivity index (χ1) is 9.99. The van der Waals surface area contributed by atoms with Gasteiger partial charge in [0.05, 0.1) is 11.0 Å². The van der Waals surface area contributed by atoms with E-state index in [2.05, 4.69) is 9.97 Å². The minimum absolute atomic E-state index is 0.00908. The van der Waals surface area contributed by atoms with Crippen LogP contribution in [0.3, 0.4) is 0 Å². The standard InChI is InChI=1S/C12H9ClFN3O4/c1-20-6-11-15-10(13)5-12(16-11)21-9-3-2-7(17(18)19)4-8(9)14/h2-5H,6H2,1H3. The largest absolute Gasteiger partial charge is 0.436 e. The molecule has 7 nitrogen and oxygen atoms in total. The summed E-state index contributed by atoms with van der Waals surface area (Å²) in [5, 5.41) is 10.6. The maximum atomic E-state index is 13.7. The normalized spacial score (nSPS) is 10.4. The van der Waals surface area contributed by atoms with Crippen LogP contribution in [0.15, 0.2) is 24.3 Å². The molecule has 0 saturated carbocycles. The SMILES string of the molecule is COCc1nc(Cl)cc(Oc2ccc([N+](=O)[O-])cc2F)n1. The number of nitro groups is 1. The Labute approximate surface area is 123 Å². The van der Waals surface area contributed by atoms with Crippen molar-refractivity contribution >= 4 is 17.3 Å². The molecule has 9 heteroatoms. The third-order valence-corrected chi connectivity index (χ3v) is 2.53. The zero-order valence-corrected chi connectivity index (χ0v) is 11.5. The summed E-state index contributed by atoms with van der Waals surface area (Å²) in [6.07, 6.45) is 0. The van der Waals surface area contributed by atoms with Crippen molar-refractivity contribution in [2.45, 2.75) is 6.61 Å². The quantitative estimate of drug-likeness (QED) is 0.479. The molecule has 0 N–H and O–H groups in total. The fourth-order valence-electron chi connectivity index (χ4n) is 1.49. The van der Waals surface area contributed by atoms with Gasteiger partial charge in [-0.15, -0.1) is 0 Å². The molecule has 0 amide bonds. The summed E-state index contributed by atoms with van der Waals surface area (Å²) in [5.74, 6) is -0.817. The average molecular weight is 314 g/mol. The van der Waals surface area contributed by atoms with Gasteiger partial charge in [0, 0.05) is 19.2 Å². The number of nitrogens with zero attached hydrogens (tertiary/aromatic N) is 3. The number of methoxy groups -OCH3 is 1. The smallest absolute Gasteiger partial charge is 0.272 e. The summed E-state index contributed by atoms with van der Waals surface area (Å²) in [6, 6.07) is 4.31. The second kappa shape index (κ2) is 6.42. The van der Waals surface area contributed by atoms with Crippen LogP contribution in [0.25, 0.3) is 0 Å². The first-order valence-corrected chi connectivity index (χ1v) is 6.01. The molecule has 1 aromatic heterocycles. The predicted octanol–water partition coefficient (Wildman–Crippen LogP) is 3.12. The summed E-state index contributed by atoms with van der Waals surface area (Å²) in [6.45, 7) is 0.111. The van der Waals surface area contributed by atoms with Crippen LogP contribution >= 0.6 is 11.6 Å². The van der Waals surface area contributed by atoms with Crippen LogP contribution < -0.4 is 4.74 Å². The fraction of sp³-hybridized carbons (Fsp3) is 0.167. The Morgan fingerprint density at radius 1 is 1.38 bits per heavy atom. The van der Waals surface area contributed by atoms with Gasteiger partial charge in [0.15, 0.2) is 17.4 Å². The summed E-state index contributed by atoms with van der Waals surface area (Å²) in [4.78, 5) is 17.7. The van der Waals surface area contributed by atoms with Gasteiger partial charge in [-0.2, -0.15) is 4.98 Å². The maximum Gasteiger partial charge on any atom is 0.272 e. The Morgan fingerprint density at radius 2 is 2.14 bits per heavy atom. The Morgan fingerprint density at radius 3 is 2.76 bits per heavy atom. The van der Waals surface area contributed by atoms with E-state index in [1.165, 1.54) is 13.2 Å². The average Bonchev–Trinajstić information content (AvgIpc) is 2.40. The molecular weight excluding hydrogens is 305 g/mol. The molecule has 0 aliphatic carbocycles. The van der Waals surface area contributed by atoms with E-state index in [0.29, 0.717) is 0 Å². The molecule has 0 unspecified atom stereocenters. The minimum Gasteiger partial charge on any atom is -0.436 e. The van der Waals surface area contributed by atoms with Crippen LogP contribution in [0, 0.1) is 15.9 Å². The number of benzene rings is 1. The van der Waals surface area contributed by atoms with E-state index < -0.39 is 10.7 Å². The van der Waals surface area contributed by atoms with Crippen molar-refractivity contribution in [2.24, 2.45) is 0 Å². The van der Waals surface area contributed by atoms with Crippen LogP contribution in [0.1, 0.15) is 5.82 Å². The van der Waals surface area contributed by atoms with E-state index in [-0.39, 0.29) is 34.9 Å². The molecule has 0 spiro atoms. The number of hydrogen-bond donors (Lipinski definition) is 0. The highest BCUT2D eigenvalue weighted by molar-refractivity contribution is 6.29. The molecule has 21 heavy (non-hydrogen) atoms. The number of aromatic nitrogens is 2. The van der Waals surface area contributed by atoms with Crippen molar-refractivity contribution in [1.29, 1.82) is 0 Å². The van der Waals surface area contributed by atoms with Gasteiger partial charge in [0.1, 0.15) is 11.8 Å². The maximum absolute atomic E-state index is 13.7. The zero-order valence-electron chi connectivity index (χ0n) is 10.7. The Hall–Kier alpha value is -2.32. The van der Waals surface area contributed by atoms with E-state index in [1.807, 2.05) is 0 Å². The molecule has 0 saturated heterocycles. The van der Waals surface area contributed by atoms with E-state index in [1.54, 1.807) is 0 Å². The lowest BCUT2D eigenvalue weighted by Gasteiger charge is -2.07. The molecule has 2 rings (SSSR count). The molecule has 0 bridgehead atoms. The zero-order chi connectivity index (χ0) is 15.4. The second-order valence-corrected chi connectivity index (χ2v) is 4.24. The molecule has 2 aromatic rings. The van der Waals surface area contributed by atoms with Gasteiger partial charge in [-0.3, -0.25) is 10.1 Å². The molecule has 0 radical (unpaired) electrons. The lowest BCUT2D eigenvalue weighted by atomic mass is 10.3. The van der Waals surface area contributed by atoms with Gasteiger partial charge < -0.3 is 9.47 Å². The highest BCUT2D eigenvalue weighted by atomic mass is 35.5. The lowest BCUT2D eigenvalue weighted by molar-refractivity contribution is -0.385. The molecular formula is C12H9ClFN3O4. The molecule has 110 valence electrons. The topological polar surface area (TPSA) is 87.4 Å². The number of nitro benzene ring substituents is 1. The molecule has 0 aliphatic rings. The van der Waals surface area contributed by atoms with Gasteiger partial charge in [0.2, 0.25) is 5.88 Å². The third-order valence-electron chi connectivity index (χ3n) is 2.33. The Balaban J connectivity index is 2.27. The van der Waals surface area contributed by atoms with Gasteiger partial charge in [-0.05, 0) is 6.07 Å². The monoisotopic (exact) mass is 313 g/mol. The van der Waals surface area contributed by atoms with Crippen molar-refractivity contribution in [2.75, 3.05) is 7.11 Å². The van der Waals surface area contributed by atoms with E-state index in [0.717, 1.165) is 18.2 Å². The fourth-order valence-corrected chi connectivity index (χ4v) is 1.68. The molecule has 0 aliphatic heterocycles. The number of ether oxygens (including phenoxy) is 2. The second-order valence-electron chi connectivity index (χ2n) is 3.85. The van der Waals surface area contributed by atoms with Crippen LogP contribution in [-0.2, 0) is 11.3 Å². The predicted molar refractivity (Wildman–Crippen MR) is 70.9 cm³/mol. The van der Waals surface area contributed by atoms with Gasteiger partial charge in [-0.1, -0.05) is 11.6 Å². The number of rotatable bonds is 5. The number of hydrogen-bond acceptors (Lipinski definition) is 6. The molecule has 1 aromatic carbocycles. The molecule has 0 atom stereocenters. The number of halogens is 2. The van der Waals surface area contributed by atoms with Crippen LogP contribution in [-0.4, -0.2) is 22.0 Å². The first-order valence-electron chi connectivity index (χ1n) is 5.64. The highest BCUT2D eigenvalue weighted by Gasteiger charge is 2.13. The van der Waals surface area contributed by atoms with E-state index in [9.17, 15) is 14.5 Å². The number of non-ortho nitro benzene ring substituents is 1. The Kier molecular flexibility index (Phi) is 4.61. The van der Waals surface area contributed by atoms with Gasteiger partial charge in [-0.25, -0.2) is 9.37 Å². The lowest BCUT2D eigenvalue weighted by Crippen LogP contribution is -2.00. The minimum atomic E-state index is -0.882. The van der Waals surface area contributed by atoms with E-state index >= 15 is 0 Å². The first kappa shape index (κ1) is 15.1. The summed E-state index contributed by atoms with van der Waals surface area (Å²) >= 11 is 5.79. The molecule has 0 fully saturated rings. The van der Waals surface area contributed by atoms with Crippen LogP contribution in [0.4, 0.5) is 10.1 Å². The highest BCUT2D eigenvalue weighted by Crippen LogP contribution is 2.27. The summed E-state index contributed by atoms with van der Waals surface area (Å²) in [5.41, 5.74) is -0.374. The van der Waals surface area contributed by atoms with Crippen LogP contribution in [0.2, 0.25) is 5.15 Å². The Bertz CT molecular complexity index is 684. The van der Waals surface area contributed by atoms with E-state index in [4.69, 9.17) is 21.1 Å². The third kappa shape index (κ3) is 3.83. The van der Waals surface area contributed by atoms with Gasteiger partial charge >= 0.3 is 0 Å². The van der Waals surface area contributed by atoms with Crippen molar-refractivity contribution in [1.82, 2.24) is 9.97 Å². The molecule has 1 heterocycles. The van der Waals surface area contributed by atoms with Gasteiger partial charge in [0.25, 0.3) is 5.69 Å².